The fraction of sp³-hybridized carbons (Fsp3) is 0.208. The smallest absolute Gasteiger partial charge is 0.328 e. The largest absolute Gasteiger partial charge is 0.478 e. The van der Waals surface area contributed by atoms with Gasteiger partial charge in [-0.2, -0.15) is 0 Å². The van der Waals surface area contributed by atoms with Gasteiger partial charge in [0.15, 0.2) is 0 Å². The first-order chi connectivity index (χ1) is 14.9. The maximum absolute atomic E-state index is 12.9. The average molecular weight is 415 g/mol. The minimum atomic E-state index is -0.990. The summed E-state index contributed by atoms with van der Waals surface area (Å²) < 4.78 is 2.18. The van der Waals surface area contributed by atoms with E-state index in [2.05, 4.69) is 4.57 Å². The molecule has 3 aromatic rings. The number of aliphatic carboxylic acids is 1. The molecule has 7 nitrogen and oxygen atoms in total. The lowest BCUT2D eigenvalue weighted by molar-refractivity contribution is -0.132. The Balaban J connectivity index is 1.62. The van der Waals surface area contributed by atoms with Crippen molar-refractivity contribution < 1.29 is 19.5 Å². The number of rotatable bonds is 4. The predicted octanol–water partition coefficient (Wildman–Crippen LogP) is 3.28. The van der Waals surface area contributed by atoms with Crippen LogP contribution in [0.3, 0.4) is 0 Å². The lowest BCUT2D eigenvalue weighted by Gasteiger charge is -2.41. The van der Waals surface area contributed by atoms with Crippen LogP contribution in [0.4, 0.5) is 4.79 Å². The van der Waals surface area contributed by atoms with E-state index in [1.165, 1.54) is 4.90 Å². The van der Waals surface area contributed by atoms with Gasteiger partial charge in [0, 0.05) is 42.8 Å². The SMILES string of the molecule is CN1C(=O)C2CN(Cc3c2c2ccccc2n3Cc2cccc(C=CC(=O)O)c2)C1=O. The van der Waals surface area contributed by atoms with Crippen molar-refractivity contribution in [3.05, 3.63) is 77.0 Å². The second-order valence-electron chi connectivity index (χ2n) is 7.99. The Morgan fingerprint density at radius 1 is 1.16 bits per heavy atom. The van der Waals surface area contributed by atoms with E-state index >= 15 is 0 Å². The maximum atomic E-state index is 12.9. The topological polar surface area (TPSA) is 82.8 Å². The van der Waals surface area contributed by atoms with Gasteiger partial charge < -0.3 is 14.6 Å². The summed E-state index contributed by atoms with van der Waals surface area (Å²) in [5, 5.41) is 9.93. The molecular formula is C24H21N3O4. The second-order valence-corrected chi connectivity index (χ2v) is 7.99. The van der Waals surface area contributed by atoms with Gasteiger partial charge in [0.05, 0.1) is 12.5 Å². The van der Waals surface area contributed by atoms with E-state index in [1.54, 1.807) is 18.0 Å². The molecule has 1 atom stereocenters. The standard InChI is InChI=1S/C24H21N3O4/c1-25-23(30)18-13-26(24(25)31)14-20-22(18)17-7-2-3-8-19(17)27(20)12-16-6-4-5-15(11-16)9-10-21(28)29/h2-11,18H,12-14H2,1H3,(H,28,29). The molecule has 2 aliphatic heterocycles. The Bertz CT molecular complexity index is 1270. The van der Waals surface area contributed by atoms with Crippen molar-refractivity contribution in [3.8, 4) is 0 Å². The van der Waals surface area contributed by atoms with Gasteiger partial charge in [0.2, 0.25) is 5.91 Å². The molecule has 0 radical (unpaired) electrons. The van der Waals surface area contributed by atoms with Crippen LogP contribution in [0.2, 0.25) is 0 Å². The van der Waals surface area contributed by atoms with Crippen molar-refractivity contribution in [3.63, 3.8) is 0 Å². The monoisotopic (exact) mass is 415 g/mol. The Hall–Kier alpha value is -3.87. The number of imide groups is 1. The molecule has 3 amide bonds. The minimum Gasteiger partial charge on any atom is -0.478 e. The Labute approximate surface area is 178 Å². The number of amides is 3. The number of carbonyl (C=O) groups is 3. The molecule has 2 bridgehead atoms. The third-order valence-corrected chi connectivity index (χ3v) is 6.11. The predicted molar refractivity (Wildman–Crippen MR) is 115 cm³/mol. The number of fused-ring (bicyclic) bond motifs is 6. The van der Waals surface area contributed by atoms with Crippen LogP contribution in [-0.4, -0.2) is 51.0 Å². The van der Waals surface area contributed by atoms with E-state index in [1.807, 2.05) is 48.5 Å². The number of hydrogen-bond donors (Lipinski definition) is 1. The molecule has 3 heterocycles. The van der Waals surface area contributed by atoms with Crippen LogP contribution in [0.15, 0.2) is 54.6 Å². The first-order valence-corrected chi connectivity index (χ1v) is 10.1. The zero-order valence-electron chi connectivity index (χ0n) is 17.0. The van der Waals surface area contributed by atoms with Gasteiger partial charge >= 0.3 is 12.0 Å². The molecule has 2 aliphatic rings. The van der Waals surface area contributed by atoms with Gasteiger partial charge in [-0.1, -0.05) is 36.4 Å². The van der Waals surface area contributed by atoms with Crippen molar-refractivity contribution in [2.24, 2.45) is 0 Å². The number of para-hydroxylation sites is 1. The van der Waals surface area contributed by atoms with Crippen LogP contribution in [0.5, 0.6) is 0 Å². The van der Waals surface area contributed by atoms with E-state index in [-0.39, 0.29) is 17.9 Å². The summed E-state index contributed by atoms with van der Waals surface area (Å²) in [4.78, 5) is 39.3. The maximum Gasteiger partial charge on any atom is 0.328 e. The van der Waals surface area contributed by atoms with Crippen LogP contribution in [-0.2, 0) is 22.7 Å². The molecule has 0 spiro atoms. The summed E-state index contributed by atoms with van der Waals surface area (Å²) in [6.07, 6.45) is 2.69. The second kappa shape index (κ2) is 7.12. The highest BCUT2D eigenvalue weighted by Gasteiger charge is 2.44. The van der Waals surface area contributed by atoms with E-state index < -0.39 is 5.97 Å². The van der Waals surface area contributed by atoms with Crippen molar-refractivity contribution in [1.29, 1.82) is 0 Å². The van der Waals surface area contributed by atoms with Crippen LogP contribution in [0.1, 0.15) is 28.3 Å². The number of hydrogen-bond acceptors (Lipinski definition) is 3. The summed E-state index contributed by atoms with van der Waals surface area (Å²) in [5.41, 5.74) is 4.84. The highest BCUT2D eigenvalue weighted by atomic mass is 16.4. The summed E-state index contributed by atoms with van der Waals surface area (Å²) >= 11 is 0. The van der Waals surface area contributed by atoms with Crippen molar-refractivity contribution >= 4 is 34.9 Å². The van der Waals surface area contributed by atoms with Gasteiger partial charge in [0.1, 0.15) is 0 Å². The van der Waals surface area contributed by atoms with E-state index in [0.717, 1.165) is 39.4 Å². The third-order valence-electron chi connectivity index (χ3n) is 6.11. The lowest BCUT2D eigenvalue weighted by Crippen LogP contribution is -2.56. The Morgan fingerprint density at radius 2 is 1.97 bits per heavy atom. The molecular weight excluding hydrogens is 394 g/mol. The van der Waals surface area contributed by atoms with Crippen LogP contribution in [0.25, 0.3) is 17.0 Å². The van der Waals surface area contributed by atoms with Crippen molar-refractivity contribution in [2.45, 2.75) is 19.0 Å². The number of likely N-dealkylation sites (N-methyl/N-ethyl adjacent to an activating group) is 1. The number of nitrogens with zero attached hydrogens (tertiary/aromatic N) is 3. The number of aromatic nitrogens is 1. The molecule has 31 heavy (non-hydrogen) atoms. The zero-order chi connectivity index (χ0) is 21.7. The zero-order valence-corrected chi connectivity index (χ0v) is 17.0. The quantitative estimate of drug-likeness (QED) is 0.663. The fourth-order valence-electron chi connectivity index (χ4n) is 4.71. The van der Waals surface area contributed by atoms with Gasteiger partial charge in [-0.3, -0.25) is 9.69 Å². The van der Waals surface area contributed by atoms with E-state index in [0.29, 0.717) is 19.6 Å². The molecule has 0 saturated carbocycles. The number of benzene rings is 2. The number of urea groups is 1. The van der Waals surface area contributed by atoms with Crippen LogP contribution in [0, 0.1) is 0 Å². The molecule has 1 N–H and O–H groups in total. The van der Waals surface area contributed by atoms with Gasteiger partial charge in [-0.15, -0.1) is 0 Å². The highest BCUT2D eigenvalue weighted by Crippen LogP contribution is 2.40. The first-order valence-electron chi connectivity index (χ1n) is 10.1. The van der Waals surface area contributed by atoms with Crippen LogP contribution < -0.4 is 0 Å². The summed E-state index contributed by atoms with van der Waals surface area (Å²) in [6, 6.07) is 15.5. The van der Waals surface area contributed by atoms with Crippen molar-refractivity contribution in [1.82, 2.24) is 14.4 Å². The van der Waals surface area contributed by atoms with Gasteiger partial charge in [-0.25, -0.2) is 9.59 Å². The van der Waals surface area contributed by atoms with Gasteiger partial charge in [-0.05, 0) is 34.9 Å². The normalized spacial score (nSPS) is 18.2. The summed E-state index contributed by atoms with van der Waals surface area (Å²) in [6.45, 7) is 1.43. The molecule has 1 aromatic heterocycles. The third kappa shape index (κ3) is 3.09. The Morgan fingerprint density at radius 3 is 2.77 bits per heavy atom. The summed E-state index contributed by atoms with van der Waals surface area (Å²) in [7, 11) is 1.55. The molecule has 0 aliphatic carbocycles. The molecule has 1 saturated heterocycles. The fourth-order valence-corrected chi connectivity index (χ4v) is 4.71. The lowest BCUT2D eigenvalue weighted by atomic mass is 9.89. The van der Waals surface area contributed by atoms with Crippen molar-refractivity contribution in [2.75, 3.05) is 13.6 Å². The average Bonchev–Trinajstić information content (AvgIpc) is 3.08. The Kier molecular flexibility index (Phi) is 4.39. The highest BCUT2D eigenvalue weighted by molar-refractivity contribution is 6.04. The van der Waals surface area contributed by atoms with E-state index in [9.17, 15) is 14.4 Å². The first kappa shape index (κ1) is 19.1. The van der Waals surface area contributed by atoms with E-state index in [4.69, 9.17) is 5.11 Å². The molecule has 1 fully saturated rings. The number of carboxylic acids is 1. The van der Waals surface area contributed by atoms with Crippen LogP contribution >= 0.6 is 0 Å². The van der Waals surface area contributed by atoms with Gasteiger partial charge in [0.25, 0.3) is 0 Å². The number of carboxylic acid groups (broad SMARTS) is 1. The summed E-state index contributed by atoms with van der Waals surface area (Å²) in [5.74, 6) is -1.51. The number of carbonyl (C=O) groups excluding carboxylic acids is 2. The molecule has 5 rings (SSSR count). The molecule has 7 heteroatoms. The molecule has 1 unspecified atom stereocenters. The molecule has 2 aromatic carbocycles. The minimum absolute atomic E-state index is 0.161. The molecule has 156 valence electrons.